The average molecular weight is 273 g/mol. The molecule has 1 heteroatoms. The van der Waals surface area contributed by atoms with Crippen LogP contribution in [0.15, 0.2) is 0 Å². The van der Waals surface area contributed by atoms with Crippen molar-refractivity contribution in [2.75, 3.05) is 0 Å². The van der Waals surface area contributed by atoms with Gasteiger partial charge in [-0.15, -0.1) is 6.42 Å². The van der Waals surface area contributed by atoms with Crippen LogP contribution in [0.4, 0.5) is 0 Å². The van der Waals surface area contributed by atoms with Gasteiger partial charge in [-0.3, -0.25) is 0 Å². The van der Waals surface area contributed by atoms with Crippen molar-refractivity contribution >= 4 is 0 Å². The van der Waals surface area contributed by atoms with Gasteiger partial charge in [-0.05, 0) is 0 Å². The molecule has 0 amide bonds. The molecular formula is C13H28Y-2. The zero-order chi connectivity index (χ0) is 10.7. The van der Waals surface area contributed by atoms with Crippen LogP contribution in [-0.2, 0) is 32.7 Å². The van der Waals surface area contributed by atoms with Crippen molar-refractivity contribution in [2.45, 2.75) is 66.2 Å². The van der Waals surface area contributed by atoms with E-state index in [1.54, 1.807) is 0 Å². The molecule has 1 aliphatic rings. The molecule has 0 nitrogen and oxygen atoms in total. The number of hydrogen-bond acceptors (Lipinski definition) is 0. The molecule has 0 aromatic heterocycles. The molecule has 0 saturated heterocycles. The van der Waals surface area contributed by atoms with Crippen LogP contribution < -0.4 is 0 Å². The molecule has 0 N–H and O–H groups in total. The van der Waals surface area contributed by atoms with Crippen LogP contribution in [0.25, 0.3) is 0 Å². The fourth-order valence-electron chi connectivity index (χ4n) is 1.30. The second-order valence-electron chi connectivity index (χ2n) is 3.66. The zero-order valence-electron chi connectivity index (χ0n) is 10.7. The Hall–Kier alpha value is 1.10. The standard InChI is InChI=1S/C8H14.C3H8.C2H6.Y/c1-3-5-8(2)6-4-7-8;1-3-2;1-2;/h1-7H2;3H2,1-2H3;1-2H3;/q-2;;;. The van der Waals surface area contributed by atoms with E-state index in [0.717, 1.165) is 6.42 Å². The van der Waals surface area contributed by atoms with Crippen LogP contribution in [0.2, 0.25) is 0 Å². The summed E-state index contributed by atoms with van der Waals surface area (Å²) in [7, 11) is 0. The summed E-state index contributed by atoms with van der Waals surface area (Å²) >= 11 is 0. The Morgan fingerprint density at radius 1 is 1.14 bits per heavy atom. The minimum absolute atomic E-state index is 0. The Kier molecular flexibility index (Phi) is 20.7. The first-order chi connectivity index (χ1) is 6.18. The van der Waals surface area contributed by atoms with Gasteiger partial charge in [0.1, 0.15) is 0 Å². The number of hydrogen-bond donors (Lipinski definition) is 0. The van der Waals surface area contributed by atoms with E-state index in [1.807, 2.05) is 13.8 Å². The van der Waals surface area contributed by atoms with Gasteiger partial charge in [0.15, 0.2) is 0 Å². The van der Waals surface area contributed by atoms with Crippen LogP contribution in [0, 0.1) is 19.3 Å². The van der Waals surface area contributed by atoms with E-state index >= 15 is 0 Å². The van der Waals surface area contributed by atoms with E-state index in [9.17, 15) is 0 Å². The van der Waals surface area contributed by atoms with Gasteiger partial charge in [-0.25, -0.2) is 0 Å². The molecule has 0 aromatic carbocycles. The Labute approximate surface area is 118 Å². The second-order valence-corrected chi connectivity index (χ2v) is 3.66. The maximum absolute atomic E-state index is 4.12. The summed E-state index contributed by atoms with van der Waals surface area (Å²) in [5.74, 6) is 0. The Bertz CT molecular complexity index is 85.2. The van der Waals surface area contributed by atoms with Gasteiger partial charge in [0.05, 0.1) is 0 Å². The minimum Gasteiger partial charge on any atom is -0.343 e. The van der Waals surface area contributed by atoms with Crippen molar-refractivity contribution in [1.82, 2.24) is 0 Å². The summed E-state index contributed by atoms with van der Waals surface area (Å²) in [5.41, 5.74) is 0.460. The fraction of sp³-hybridized carbons (Fsp3) is 0.846. The first-order valence-electron chi connectivity index (χ1n) is 5.83. The van der Waals surface area contributed by atoms with Crippen LogP contribution >= 0.6 is 0 Å². The van der Waals surface area contributed by atoms with E-state index < -0.39 is 0 Å². The van der Waals surface area contributed by atoms with Gasteiger partial charge in [-0.2, -0.15) is 11.8 Å². The maximum atomic E-state index is 4.12. The minimum atomic E-state index is 0. The summed E-state index contributed by atoms with van der Waals surface area (Å²) in [6, 6.07) is 0. The van der Waals surface area contributed by atoms with Crippen LogP contribution in [0.5, 0.6) is 0 Å². The Morgan fingerprint density at radius 3 is 1.57 bits per heavy atom. The SMILES string of the molecule is CC.CCC.[CH2-]CCC1([CH2-])CCC1.[Y]. The van der Waals surface area contributed by atoms with E-state index in [2.05, 4.69) is 27.7 Å². The molecule has 85 valence electrons. The van der Waals surface area contributed by atoms with Gasteiger partial charge in [0, 0.05) is 32.7 Å². The van der Waals surface area contributed by atoms with Crippen molar-refractivity contribution in [2.24, 2.45) is 5.41 Å². The molecule has 0 heterocycles. The normalized spacial score (nSPS) is 15.9. The fourth-order valence-corrected chi connectivity index (χ4v) is 1.30. The monoisotopic (exact) mass is 273 g/mol. The van der Waals surface area contributed by atoms with Gasteiger partial charge in [0.2, 0.25) is 0 Å². The van der Waals surface area contributed by atoms with Crippen molar-refractivity contribution in [3.8, 4) is 0 Å². The van der Waals surface area contributed by atoms with Crippen molar-refractivity contribution in [1.29, 1.82) is 0 Å². The predicted molar refractivity (Wildman–Crippen MR) is 63.5 cm³/mol. The molecule has 0 aliphatic heterocycles. The molecule has 0 atom stereocenters. The molecule has 1 fully saturated rings. The largest absolute Gasteiger partial charge is 0.343 e. The predicted octanol–water partition coefficient (Wildman–Crippen LogP) is 5.05. The summed E-state index contributed by atoms with van der Waals surface area (Å²) in [5, 5.41) is 0. The quantitative estimate of drug-likeness (QED) is 0.618. The molecule has 0 unspecified atom stereocenters. The first-order valence-corrected chi connectivity index (χ1v) is 5.83. The van der Waals surface area contributed by atoms with Gasteiger partial charge >= 0.3 is 0 Å². The van der Waals surface area contributed by atoms with Crippen molar-refractivity contribution in [3.63, 3.8) is 0 Å². The molecule has 1 radical (unpaired) electrons. The number of rotatable bonds is 2. The molecule has 0 spiro atoms. The maximum Gasteiger partial charge on any atom is 0 e. The topological polar surface area (TPSA) is 0 Å². The van der Waals surface area contributed by atoms with Crippen LogP contribution in [-0.4, -0.2) is 0 Å². The van der Waals surface area contributed by atoms with Gasteiger partial charge < -0.3 is 13.8 Å². The van der Waals surface area contributed by atoms with E-state index in [-0.39, 0.29) is 32.7 Å². The second kappa shape index (κ2) is 14.1. The summed E-state index contributed by atoms with van der Waals surface area (Å²) in [6.45, 7) is 16.2. The smallest absolute Gasteiger partial charge is 0 e. The Balaban J connectivity index is -0.000000176. The summed E-state index contributed by atoms with van der Waals surface area (Å²) in [4.78, 5) is 0. The van der Waals surface area contributed by atoms with Crippen molar-refractivity contribution < 1.29 is 32.7 Å². The Morgan fingerprint density at radius 2 is 1.50 bits per heavy atom. The van der Waals surface area contributed by atoms with E-state index in [1.165, 1.54) is 32.1 Å². The molecule has 14 heavy (non-hydrogen) atoms. The molecule has 1 saturated carbocycles. The van der Waals surface area contributed by atoms with Crippen LogP contribution in [0.3, 0.4) is 0 Å². The molecule has 0 aromatic rings. The van der Waals surface area contributed by atoms with Gasteiger partial charge in [-0.1, -0.05) is 53.4 Å². The third-order valence-electron chi connectivity index (χ3n) is 2.12. The summed E-state index contributed by atoms with van der Waals surface area (Å²) < 4.78 is 0. The van der Waals surface area contributed by atoms with Crippen molar-refractivity contribution in [3.05, 3.63) is 13.8 Å². The molecule has 1 aliphatic carbocycles. The molecule has 0 bridgehead atoms. The summed E-state index contributed by atoms with van der Waals surface area (Å²) in [6.07, 6.45) is 7.60. The first kappa shape index (κ1) is 20.5. The van der Waals surface area contributed by atoms with E-state index in [0.29, 0.717) is 5.41 Å². The van der Waals surface area contributed by atoms with E-state index in [4.69, 9.17) is 0 Å². The third kappa shape index (κ3) is 11.2. The van der Waals surface area contributed by atoms with Crippen LogP contribution in [0.1, 0.15) is 66.2 Å². The average Bonchev–Trinajstić information content (AvgIpc) is 2.07. The van der Waals surface area contributed by atoms with Gasteiger partial charge in [0.25, 0.3) is 0 Å². The molecular weight excluding hydrogens is 245 g/mol. The zero-order valence-corrected chi connectivity index (χ0v) is 13.6. The molecule has 1 rings (SSSR count). The third-order valence-corrected chi connectivity index (χ3v) is 2.12.